The van der Waals surface area contributed by atoms with E-state index in [1.165, 1.54) is 32.5 Å². The van der Waals surface area contributed by atoms with Gasteiger partial charge in [-0.3, -0.25) is 14.9 Å². The van der Waals surface area contributed by atoms with Crippen molar-refractivity contribution in [3.8, 4) is 22.8 Å². The van der Waals surface area contributed by atoms with Gasteiger partial charge in [-0.25, -0.2) is 4.52 Å². The van der Waals surface area contributed by atoms with E-state index in [9.17, 15) is 9.59 Å². The lowest BCUT2D eigenvalue weighted by molar-refractivity contribution is -0.114. The van der Waals surface area contributed by atoms with E-state index in [4.69, 9.17) is 9.47 Å². The molecule has 158 valence electrons. The molecule has 2 N–H and O–H groups in total. The number of ether oxygens (including phenoxy) is 2. The molecule has 0 fully saturated rings. The Morgan fingerprint density at radius 2 is 1.68 bits per heavy atom. The zero-order valence-electron chi connectivity index (χ0n) is 17.0. The third kappa shape index (κ3) is 4.05. The van der Waals surface area contributed by atoms with Gasteiger partial charge in [0.15, 0.2) is 0 Å². The lowest BCUT2D eigenvalue weighted by Crippen LogP contribution is -2.15. The number of carbonyl (C=O) groups excluding carboxylic acids is 2. The minimum absolute atomic E-state index is 0.131. The van der Waals surface area contributed by atoms with Crippen LogP contribution in [0.3, 0.4) is 0 Å². The van der Waals surface area contributed by atoms with E-state index < -0.39 is 5.91 Å². The Labute approximate surface area is 181 Å². The fourth-order valence-corrected chi connectivity index (χ4v) is 3.93. The minimum atomic E-state index is -0.436. The van der Waals surface area contributed by atoms with Gasteiger partial charge in [0.05, 0.1) is 19.9 Å². The molecular weight excluding hydrogens is 418 g/mol. The number of nitrogens with zero attached hydrogens (tertiary/aromatic N) is 3. The van der Waals surface area contributed by atoms with Gasteiger partial charge in [-0.1, -0.05) is 18.2 Å². The van der Waals surface area contributed by atoms with Crippen molar-refractivity contribution in [2.45, 2.75) is 6.92 Å². The number of thiazole rings is 1. The van der Waals surface area contributed by atoms with Crippen LogP contribution in [0.1, 0.15) is 17.3 Å². The standard InChI is InChI=1S/C21H19N5O4S/c1-12(27)22-14-9-7-13(8-10-14)15-11-31-21-24-20(25-26(15)21)23-19(28)18-16(29-2)5-4-6-17(18)30-3/h4-11H,1-3H3,(H,22,27)(H,23,25,28). The second-order valence-electron chi connectivity index (χ2n) is 6.50. The number of amides is 2. The Balaban J connectivity index is 1.61. The number of benzene rings is 2. The van der Waals surface area contributed by atoms with Crippen LogP contribution in [-0.4, -0.2) is 40.6 Å². The summed E-state index contributed by atoms with van der Waals surface area (Å²) < 4.78 is 12.2. The number of fused-ring (bicyclic) bond motifs is 1. The maximum Gasteiger partial charge on any atom is 0.265 e. The molecule has 0 aliphatic carbocycles. The first-order valence-electron chi connectivity index (χ1n) is 9.24. The quantitative estimate of drug-likeness (QED) is 0.477. The van der Waals surface area contributed by atoms with Crippen LogP contribution in [-0.2, 0) is 4.79 Å². The molecule has 2 aromatic heterocycles. The molecule has 0 saturated carbocycles. The van der Waals surface area contributed by atoms with Crippen molar-refractivity contribution in [3.05, 3.63) is 53.4 Å². The topological polar surface area (TPSA) is 107 Å². The van der Waals surface area contributed by atoms with Crippen molar-refractivity contribution in [1.82, 2.24) is 14.6 Å². The van der Waals surface area contributed by atoms with E-state index in [1.807, 2.05) is 29.6 Å². The molecule has 0 saturated heterocycles. The van der Waals surface area contributed by atoms with Gasteiger partial charge in [0, 0.05) is 23.6 Å². The summed E-state index contributed by atoms with van der Waals surface area (Å²) in [7, 11) is 2.97. The van der Waals surface area contributed by atoms with Gasteiger partial charge in [0.25, 0.3) is 11.9 Å². The number of methoxy groups -OCH3 is 2. The summed E-state index contributed by atoms with van der Waals surface area (Å²) in [6.45, 7) is 1.46. The predicted molar refractivity (Wildman–Crippen MR) is 118 cm³/mol. The van der Waals surface area contributed by atoms with Gasteiger partial charge < -0.3 is 14.8 Å². The van der Waals surface area contributed by atoms with Crippen molar-refractivity contribution in [1.29, 1.82) is 0 Å². The maximum absolute atomic E-state index is 12.9. The Kier molecular flexibility index (Phi) is 5.54. The summed E-state index contributed by atoms with van der Waals surface area (Å²) in [5.74, 6) is 0.374. The molecule has 2 amide bonds. The molecular formula is C21H19N5O4S. The first-order chi connectivity index (χ1) is 15.0. The molecule has 4 rings (SSSR count). The Hall–Kier alpha value is -3.92. The summed E-state index contributed by atoms with van der Waals surface area (Å²) in [4.78, 5) is 29.1. The average Bonchev–Trinajstić information content (AvgIpc) is 3.33. The van der Waals surface area contributed by atoms with E-state index in [-0.39, 0.29) is 17.4 Å². The molecule has 0 radical (unpaired) electrons. The molecule has 10 heteroatoms. The van der Waals surface area contributed by atoms with Gasteiger partial charge in [-0.2, -0.15) is 4.98 Å². The fourth-order valence-electron chi connectivity index (χ4n) is 3.10. The number of carbonyl (C=O) groups is 2. The van der Waals surface area contributed by atoms with Gasteiger partial charge >= 0.3 is 0 Å². The molecule has 4 aromatic rings. The number of hydrogen-bond donors (Lipinski definition) is 2. The van der Waals surface area contributed by atoms with Crippen molar-refractivity contribution in [2.24, 2.45) is 0 Å². The van der Waals surface area contributed by atoms with E-state index in [0.29, 0.717) is 22.1 Å². The lowest BCUT2D eigenvalue weighted by Gasteiger charge is -2.11. The van der Waals surface area contributed by atoms with Crippen molar-refractivity contribution in [2.75, 3.05) is 24.9 Å². The van der Waals surface area contributed by atoms with Crippen molar-refractivity contribution < 1.29 is 19.1 Å². The number of nitrogens with one attached hydrogen (secondary N) is 2. The smallest absolute Gasteiger partial charge is 0.265 e. The largest absolute Gasteiger partial charge is 0.496 e. The third-order valence-corrected chi connectivity index (χ3v) is 5.28. The molecule has 2 heterocycles. The summed E-state index contributed by atoms with van der Waals surface area (Å²) in [6.07, 6.45) is 0. The second kappa shape index (κ2) is 8.44. The van der Waals surface area contributed by atoms with Gasteiger partial charge in [-0.05, 0) is 24.3 Å². The van der Waals surface area contributed by atoms with Gasteiger partial charge in [0.1, 0.15) is 17.1 Å². The van der Waals surface area contributed by atoms with E-state index in [1.54, 1.807) is 22.7 Å². The van der Waals surface area contributed by atoms with Crippen LogP contribution < -0.4 is 20.1 Å². The predicted octanol–water partition coefficient (Wildman–Crippen LogP) is 3.69. The highest BCUT2D eigenvalue weighted by molar-refractivity contribution is 7.15. The molecule has 0 aliphatic heterocycles. The van der Waals surface area contributed by atoms with Crippen molar-refractivity contribution >= 4 is 39.7 Å². The summed E-state index contributed by atoms with van der Waals surface area (Å²) in [5.41, 5.74) is 2.69. The molecule has 0 unspecified atom stereocenters. The summed E-state index contributed by atoms with van der Waals surface area (Å²) in [6, 6.07) is 12.5. The highest BCUT2D eigenvalue weighted by Gasteiger charge is 2.20. The first-order valence-corrected chi connectivity index (χ1v) is 10.1. The molecule has 0 aliphatic rings. The van der Waals surface area contributed by atoms with Gasteiger partial charge in [0.2, 0.25) is 10.9 Å². The molecule has 0 atom stereocenters. The molecule has 2 aromatic carbocycles. The number of aromatic nitrogens is 3. The van der Waals surface area contributed by atoms with Gasteiger partial charge in [-0.15, -0.1) is 16.4 Å². The highest BCUT2D eigenvalue weighted by Crippen LogP contribution is 2.30. The monoisotopic (exact) mass is 437 g/mol. The van der Waals surface area contributed by atoms with Crippen LogP contribution in [0.4, 0.5) is 11.6 Å². The SMILES string of the molecule is COc1cccc(OC)c1C(=O)Nc1nc2scc(-c3ccc(NC(C)=O)cc3)n2n1. The van der Waals surface area contributed by atoms with Crippen molar-refractivity contribution in [3.63, 3.8) is 0 Å². The normalized spacial score (nSPS) is 10.7. The average molecular weight is 437 g/mol. The Morgan fingerprint density at radius 1 is 1.00 bits per heavy atom. The molecule has 0 spiro atoms. The first kappa shape index (κ1) is 20.4. The summed E-state index contributed by atoms with van der Waals surface area (Å²) in [5, 5.41) is 11.8. The van der Waals surface area contributed by atoms with Crippen LogP contribution in [0.5, 0.6) is 11.5 Å². The van der Waals surface area contributed by atoms with Crippen LogP contribution >= 0.6 is 11.3 Å². The summed E-state index contributed by atoms with van der Waals surface area (Å²) >= 11 is 1.40. The van der Waals surface area contributed by atoms with Crippen LogP contribution in [0.15, 0.2) is 47.8 Å². The zero-order valence-corrected chi connectivity index (χ0v) is 17.8. The zero-order chi connectivity index (χ0) is 22.0. The lowest BCUT2D eigenvalue weighted by atomic mass is 10.1. The Bertz CT molecular complexity index is 1240. The van der Waals surface area contributed by atoms with Crippen LogP contribution in [0.2, 0.25) is 0 Å². The molecule has 9 nitrogen and oxygen atoms in total. The second-order valence-corrected chi connectivity index (χ2v) is 7.34. The fraction of sp³-hybridized carbons (Fsp3) is 0.143. The Morgan fingerprint density at radius 3 is 2.29 bits per heavy atom. The number of hydrogen-bond acceptors (Lipinski definition) is 7. The van der Waals surface area contributed by atoms with Crippen LogP contribution in [0.25, 0.3) is 16.2 Å². The number of anilines is 2. The van der Waals surface area contributed by atoms with E-state index in [2.05, 4.69) is 20.7 Å². The number of rotatable bonds is 6. The highest BCUT2D eigenvalue weighted by atomic mass is 32.1. The maximum atomic E-state index is 12.9. The third-order valence-electron chi connectivity index (χ3n) is 4.46. The van der Waals surface area contributed by atoms with E-state index >= 15 is 0 Å². The minimum Gasteiger partial charge on any atom is -0.496 e. The molecule has 0 bridgehead atoms. The van der Waals surface area contributed by atoms with E-state index in [0.717, 1.165) is 11.3 Å². The molecule has 31 heavy (non-hydrogen) atoms. The van der Waals surface area contributed by atoms with Crippen LogP contribution in [0, 0.1) is 0 Å².